The van der Waals surface area contributed by atoms with E-state index >= 15 is 0 Å². The molecule has 2 aromatic rings. The molecule has 2 amide bonds. The van der Waals surface area contributed by atoms with Gasteiger partial charge in [0.05, 0.1) is 5.69 Å². The van der Waals surface area contributed by atoms with E-state index in [0.717, 1.165) is 6.54 Å². The highest BCUT2D eigenvalue weighted by Gasteiger charge is 2.31. The fraction of sp³-hybridized carbons (Fsp3) is 0.353. The molecule has 0 aliphatic carbocycles. The summed E-state index contributed by atoms with van der Waals surface area (Å²) in [5, 5.41) is 7.68. The molecule has 3 rings (SSSR count). The number of rotatable bonds is 3. The number of nitrogens with two attached hydrogens (primary N) is 1. The second-order valence-corrected chi connectivity index (χ2v) is 6.01. The molecule has 0 radical (unpaired) electrons. The van der Waals surface area contributed by atoms with Crippen molar-refractivity contribution in [3.8, 4) is 5.69 Å². The van der Waals surface area contributed by atoms with Gasteiger partial charge in [0.25, 0.3) is 11.8 Å². The van der Waals surface area contributed by atoms with Crippen molar-refractivity contribution in [2.45, 2.75) is 25.9 Å². The van der Waals surface area contributed by atoms with Gasteiger partial charge in [0, 0.05) is 31.2 Å². The summed E-state index contributed by atoms with van der Waals surface area (Å²) in [5.74, 6) is -0.805. The number of piperazine rings is 1. The maximum absolute atomic E-state index is 12.8. The first-order valence-corrected chi connectivity index (χ1v) is 7.98. The first kappa shape index (κ1) is 16.2. The van der Waals surface area contributed by atoms with E-state index < -0.39 is 5.91 Å². The minimum absolute atomic E-state index is 0.0464. The highest BCUT2D eigenvalue weighted by Crippen LogP contribution is 2.17. The maximum Gasteiger partial charge on any atom is 0.274 e. The minimum atomic E-state index is -0.618. The van der Waals surface area contributed by atoms with E-state index in [1.165, 1.54) is 10.7 Å². The zero-order chi connectivity index (χ0) is 17.3. The van der Waals surface area contributed by atoms with Gasteiger partial charge in [-0.2, -0.15) is 5.10 Å². The number of aromatic nitrogens is 2. The lowest BCUT2D eigenvalue weighted by Gasteiger charge is -2.38. The molecule has 2 unspecified atom stereocenters. The third-order valence-electron chi connectivity index (χ3n) is 4.48. The van der Waals surface area contributed by atoms with Crippen LogP contribution in [0.15, 0.2) is 36.4 Å². The number of benzene rings is 1. The predicted molar refractivity (Wildman–Crippen MR) is 90.0 cm³/mol. The lowest BCUT2D eigenvalue weighted by molar-refractivity contribution is 0.0596. The minimum Gasteiger partial charge on any atom is -0.364 e. The molecule has 0 spiro atoms. The van der Waals surface area contributed by atoms with E-state index in [1.807, 2.05) is 44.2 Å². The van der Waals surface area contributed by atoms with Gasteiger partial charge in [-0.25, -0.2) is 4.68 Å². The SMILES string of the molecule is CC1NCCN(C(=O)c2cc(C(N)=O)n(-c3ccccc3)n2)C1C. The number of amides is 2. The van der Waals surface area contributed by atoms with E-state index in [0.29, 0.717) is 12.2 Å². The third-order valence-corrected chi connectivity index (χ3v) is 4.48. The quantitative estimate of drug-likeness (QED) is 0.872. The summed E-state index contributed by atoms with van der Waals surface area (Å²) >= 11 is 0. The van der Waals surface area contributed by atoms with E-state index in [9.17, 15) is 9.59 Å². The van der Waals surface area contributed by atoms with E-state index in [1.54, 1.807) is 4.90 Å². The molecule has 1 aromatic heterocycles. The Kier molecular flexibility index (Phi) is 4.35. The van der Waals surface area contributed by atoms with Gasteiger partial charge in [-0.1, -0.05) is 18.2 Å². The van der Waals surface area contributed by atoms with Gasteiger partial charge < -0.3 is 16.0 Å². The Labute approximate surface area is 140 Å². The van der Waals surface area contributed by atoms with Gasteiger partial charge in [0.15, 0.2) is 5.69 Å². The second kappa shape index (κ2) is 6.45. The summed E-state index contributed by atoms with van der Waals surface area (Å²) in [6, 6.07) is 10.9. The predicted octanol–water partition coefficient (Wildman–Crippen LogP) is 0.794. The molecule has 3 N–H and O–H groups in total. The fourth-order valence-corrected chi connectivity index (χ4v) is 2.92. The summed E-state index contributed by atoms with van der Waals surface area (Å²) in [7, 11) is 0. The van der Waals surface area contributed by atoms with Crippen LogP contribution in [0.25, 0.3) is 5.69 Å². The molecule has 1 aliphatic rings. The van der Waals surface area contributed by atoms with Crippen molar-refractivity contribution in [3.05, 3.63) is 47.8 Å². The van der Waals surface area contributed by atoms with Crippen molar-refractivity contribution in [3.63, 3.8) is 0 Å². The van der Waals surface area contributed by atoms with Crippen LogP contribution < -0.4 is 11.1 Å². The van der Waals surface area contributed by atoms with Gasteiger partial charge >= 0.3 is 0 Å². The summed E-state index contributed by atoms with van der Waals surface area (Å²) < 4.78 is 1.42. The Morgan fingerprint density at radius 1 is 1.25 bits per heavy atom. The number of para-hydroxylation sites is 1. The number of nitrogens with zero attached hydrogens (tertiary/aromatic N) is 3. The third kappa shape index (κ3) is 2.90. The van der Waals surface area contributed by atoms with Crippen molar-refractivity contribution in [2.24, 2.45) is 5.73 Å². The summed E-state index contributed by atoms with van der Waals surface area (Å²) in [4.78, 5) is 26.4. The van der Waals surface area contributed by atoms with Gasteiger partial charge in [-0.3, -0.25) is 9.59 Å². The largest absolute Gasteiger partial charge is 0.364 e. The lowest BCUT2D eigenvalue weighted by Crippen LogP contribution is -2.57. The van der Waals surface area contributed by atoms with Crippen LogP contribution in [0.1, 0.15) is 34.8 Å². The van der Waals surface area contributed by atoms with Crippen LogP contribution in [0.5, 0.6) is 0 Å². The smallest absolute Gasteiger partial charge is 0.274 e. The van der Waals surface area contributed by atoms with Crippen LogP contribution in [0.3, 0.4) is 0 Å². The van der Waals surface area contributed by atoms with Crippen LogP contribution >= 0.6 is 0 Å². The van der Waals surface area contributed by atoms with Gasteiger partial charge in [0.2, 0.25) is 0 Å². The molecular formula is C17H21N5O2. The first-order valence-electron chi connectivity index (χ1n) is 7.98. The normalized spacial score (nSPS) is 20.8. The van der Waals surface area contributed by atoms with E-state index in [-0.39, 0.29) is 29.4 Å². The Morgan fingerprint density at radius 3 is 2.62 bits per heavy atom. The standard InChI is InChI=1S/C17H21N5O2/c1-11-12(2)21(9-8-19-11)17(24)14-10-15(16(18)23)22(20-14)13-6-4-3-5-7-13/h3-7,10-12,19H,8-9H2,1-2H3,(H2,18,23). The average molecular weight is 327 g/mol. The topological polar surface area (TPSA) is 93.3 Å². The van der Waals surface area contributed by atoms with E-state index in [2.05, 4.69) is 10.4 Å². The Balaban J connectivity index is 1.97. The number of hydrogen-bond acceptors (Lipinski definition) is 4. The molecule has 126 valence electrons. The van der Waals surface area contributed by atoms with Crippen LogP contribution in [0, 0.1) is 0 Å². The maximum atomic E-state index is 12.8. The highest BCUT2D eigenvalue weighted by molar-refractivity contribution is 5.97. The molecule has 0 bridgehead atoms. The Hall–Kier alpha value is -2.67. The zero-order valence-electron chi connectivity index (χ0n) is 13.8. The number of nitrogens with one attached hydrogen (secondary N) is 1. The second-order valence-electron chi connectivity index (χ2n) is 6.01. The molecule has 7 heteroatoms. The Bertz CT molecular complexity index is 756. The summed E-state index contributed by atoms with van der Waals surface area (Å²) in [5.41, 5.74) is 6.57. The molecule has 1 aromatic carbocycles. The molecule has 7 nitrogen and oxygen atoms in total. The van der Waals surface area contributed by atoms with Gasteiger partial charge in [-0.05, 0) is 26.0 Å². The first-order chi connectivity index (χ1) is 11.5. The lowest BCUT2D eigenvalue weighted by atomic mass is 10.1. The van der Waals surface area contributed by atoms with Crippen molar-refractivity contribution < 1.29 is 9.59 Å². The van der Waals surface area contributed by atoms with Crippen LogP contribution in [0.4, 0.5) is 0 Å². The summed E-state index contributed by atoms with van der Waals surface area (Å²) in [6.45, 7) is 5.38. The van der Waals surface area contributed by atoms with Gasteiger partial charge in [0.1, 0.15) is 5.69 Å². The average Bonchev–Trinajstić information content (AvgIpc) is 3.03. The number of carbonyl (C=O) groups is 2. The van der Waals surface area contributed by atoms with Crippen LogP contribution in [-0.2, 0) is 0 Å². The molecule has 24 heavy (non-hydrogen) atoms. The molecule has 2 atom stereocenters. The van der Waals surface area contributed by atoms with Crippen molar-refractivity contribution >= 4 is 11.8 Å². The van der Waals surface area contributed by atoms with Crippen molar-refractivity contribution in [1.82, 2.24) is 20.0 Å². The number of primary amides is 1. The van der Waals surface area contributed by atoms with Crippen LogP contribution in [-0.4, -0.2) is 51.7 Å². The van der Waals surface area contributed by atoms with E-state index in [4.69, 9.17) is 5.73 Å². The van der Waals surface area contributed by atoms with Crippen molar-refractivity contribution in [2.75, 3.05) is 13.1 Å². The zero-order valence-corrected chi connectivity index (χ0v) is 13.8. The van der Waals surface area contributed by atoms with Crippen LogP contribution in [0.2, 0.25) is 0 Å². The Morgan fingerprint density at radius 2 is 1.96 bits per heavy atom. The molecule has 1 aliphatic heterocycles. The monoisotopic (exact) mass is 327 g/mol. The molecular weight excluding hydrogens is 306 g/mol. The highest BCUT2D eigenvalue weighted by atomic mass is 16.2. The molecule has 1 saturated heterocycles. The molecule has 1 fully saturated rings. The number of hydrogen-bond donors (Lipinski definition) is 2. The molecule has 2 heterocycles. The fourth-order valence-electron chi connectivity index (χ4n) is 2.92. The van der Waals surface area contributed by atoms with Gasteiger partial charge in [-0.15, -0.1) is 0 Å². The number of carbonyl (C=O) groups excluding carboxylic acids is 2. The molecule has 0 saturated carbocycles. The van der Waals surface area contributed by atoms with Crippen molar-refractivity contribution in [1.29, 1.82) is 0 Å². The summed E-state index contributed by atoms with van der Waals surface area (Å²) in [6.07, 6.45) is 0.